The molecule has 1 N–H and O–H groups in total. The van der Waals surface area contributed by atoms with Gasteiger partial charge in [0.25, 0.3) is 0 Å². The van der Waals surface area contributed by atoms with Crippen LogP contribution in [-0.4, -0.2) is 63.2 Å². The van der Waals surface area contributed by atoms with Gasteiger partial charge in [0.15, 0.2) is 0 Å². The van der Waals surface area contributed by atoms with E-state index >= 15 is 0 Å². The van der Waals surface area contributed by atoms with E-state index in [1.54, 1.807) is 0 Å². The highest BCUT2D eigenvalue weighted by Gasteiger charge is 2.11. The molecule has 1 fully saturated rings. The zero-order valence-corrected chi connectivity index (χ0v) is 12.7. The molecule has 1 atom stereocenters. The number of hydrogen-bond donors (Lipinski definition) is 1. The number of piperazine rings is 1. The summed E-state index contributed by atoms with van der Waals surface area (Å²) in [5.74, 6) is 0.945. The van der Waals surface area contributed by atoms with Crippen molar-refractivity contribution in [2.45, 2.75) is 39.0 Å². The summed E-state index contributed by atoms with van der Waals surface area (Å²) in [7, 11) is 4.37. The minimum absolute atomic E-state index is 0.945. The van der Waals surface area contributed by atoms with Gasteiger partial charge in [-0.1, -0.05) is 19.8 Å². The molecule has 1 heterocycles. The van der Waals surface area contributed by atoms with Crippen LogP contribution in [0.4, 0.5) is 0 Å². The summed E-state index contributed by atoms with van der Waals surface area (Å²) in [6.45, 7) is 9.73. The fraction of sp³-hybridized carbons (Fsp3) is 1.00. The van der Waals surface area contributed by atoms with Crippen molar-refractivity contribution in [3.05, 3.63) is 0 Å². The molecule has 3 heteroatoms. The second kappa shape index (κ2) is 9.76. The smallest absolute Gasteiger partial charge is 0.0107 e. The van der Waals surface area contributed by atoms with Gasteiger partial charge in [-0.15, -0.1) is 0 Å². The Morgan fingerprint density at radius 2 is 1.83 bits per heavy atom. The molecule has 0 aliphatic carbocycles. The minimum atomic E-state index is 0.945. The van der Waals surface area contributed by atoms with E-state index in [4.69, 9.17) is 0 Å². The first-order valence-electron chi connectivity index (χ1n) is 7.80. The lowest BCUT2D eigenvalue weighted by Crippen LogP contribution is -2.43. The lowest BCUT2D eigenvalue weighted by molar-refractivity contribution is 0.226. The van der Waals surface area contributed by atoms with E-state index in [2.05, 4.69) is 36.1 Å². The first kappa shape index (κ1) is 15.9. The zero-order valence-electron chi connectivity index (χ0n) is 12.7. The lowest BCUT2D eigenvalue weighted by Gasteiger charge is -2.28. The van der Waals surface area contributed by atoms with E-state index in [-0.39, 0.29) is 0 Å². The van der Waals surface area contributed by atoms with Gasteiger partial charge in [0.05, 0.1) is 0 Å². The van der Waals surface area contributed by atoms with Crippen molar-refractivity contribution >= 4 is 0 Å². The van der Waals surface area contributed by atoms with Crippen LogP contribution in [0.2, 0.25) is 0 Å². The summed E-state index contributed by atoms with van der Waals surface area (Å²) in [5, 5.41) is 3.42. The van der Waals surface area contributed by atoms with Crippen LogP contribution in [0.3, 0.4) is 0 Å². The Bertz CT molecular complexity index is 188. The fourth-order valence-electron chi connectivity index (χ4n) is 2.82. The van der Waals surface area contributed by atoms with Crippen LogP contribution in [-0.2, 0) is 0 Å². The predicted octanol–water partition coefficient (Wildman–Crippen LogP) is 2.04. The summed E-state index contributed by atoms with van der Waals surface area (Å²) in [6, 6.07) is 0. The summed E-state index contributed by atoms with van der Waals surface area (Å²) in [5.41, 5.74) is 0. The standard InChI is InChI=1S/C15H33N3/c1-4-6-15(8-12-17(2)3)7-5-11-18-13-9-16-10-14-18/h15-16H,4-14H2,1-3H3/t15-/m0/s1. The molecule has 1 aliphatic rings. The molecule has 0 aromatic carbocycles. The summed E-state index contributed by atoms with van der Waals surface area (Å²) >= 11 is 0. The Morgan fingerprint density at radius 3 is 2.44 bits per heavy atom. The van der Waals surface area contributed by atoms with Gasteiger partial charge in [-0.25, -0.2) is 0 Å². The highest BCUT2D eigenvalue weighted by Crippen LogP contribution is 2.18. The average Bonchev–Trinajstić information content (AvgIpc) is 2.37. The van der Waals surface area contributed by atoms with Crippen molar-refractivity contribution in [2.24, 2.45) is 5.92 Å². The van der Waals surface area contributed by atoms with Gasteiger partial charge in [0, 0.05) is 26.2 Å². The molecule has 0 amide bonds. The van der Waals surface area contributed by atoms with Crippen molar-refractivity contribution in [1.29, 1.82) is 0 Å². The molecule has 0 radical (unpaired) electrons. The van der Waals surface area contributed by atoms with E-state index in [1.165, 1.54) is 71.4 Å². The molecule has 0 unspecified atom stereocenters. The van der Waals surface area contributed by atoms with Crippen molar-refractivity contribution in [1.82, 2.24) is 15.1 Å². The average molecular weight is 255 g/mol. The Labute approximate surface area is 114 Å². The molecule has 1 rings (SSSR count). The minimum Gasteiger partial charge on any atom is -0.314 e. The molecule has 0 aromatic rings. The summed E-state index contributed by atoms with van der Waals surface area (Å²) < 4.78 is 0. The third kappa shape index (κ3) is 7.34. The van der Waals surface area contributed by atoms with E-state index in [0.29, 0.717) is 0 Å². The monoisotopic (exact) mass is 255 g/mol. The maximum atomic E-state index is 3.42. The number of nitrogens with one attached hydrogen (secondary N) is 1. The molecule has 1 aliphatic heterocycles. The van der Waals surface area contributed by atoms with Gasteiger partial charge in [-0.05, 0) is 52.4 Å². The van der Waals surface area contributed by atoms with E-state index < -0.39 is 0 Å². The summed E-state index contributed by atoms with van der Waals surface area (Å²) in [4.78, 5) is 4.93. The largest absolute Gasteiger partial charge is 0.314 e. The first-order chi connectivity index (χ1) is 8.72. The van der Waals surface area contributed by atoms with Gasteiger partial charge in [0.2, 0.25) is 0 Å². The van der Waals surface area contributed by atoms with Crippen LogP contribution < -0.4 is 5.32 Å². The molecule has 1 saturated heterocycles. The number of rotatable bonds is 9. The van der Waals surface area contributed by atoms with Crippen LogP contribution in [0, 0.1) is 5.92 Å². The molecular weight excluding hydrogens is 222 g/mol. The Morgan fingerprint density at radius 1 is 1.11 bits per heavy atom. The van der Waals surface area contributed by atoms with Gasteiger partial charge in [-0.3, -0.25) is 0 Å². The van der Waals surface area contributed by atoms with Crippen LogP contribution >= 0.6 is 0 Å². The van der Waals surface area contributed by atoms with E-state index in [1.807, 2.05) is 0 Å². The van der Waals surface area contributed by atoms with Gasteiger partial charge >= 0.3 is 0 Å². The van der Waals surface area contributed by atoms with Crippen LogP contribution in [0.1, 0.15) is 39.0 Å². The van der Waals surface area contributed by atoms with E-state index in [0.717, 1.165) is 5.92 Å². The molecular formula is C15H33N3. The van der Waals surface area contributed by atoms with Crippen LogP contribution in [0.5, 0.6) is 0 Å². The Kier molecular flexibility index (Phi) is 8.64. The zero-order chi connectivity index (χ0) is 13.2. The van der Waals surface area contributed by atoms with Crippen molar-refractivity contribution in [2.75, 3.05) is 53.4 Å². The second-order valence-electron chi connectivity index (χ2n) is 5.98. The molecule has 3 nitrogen and oxygen atoms in total. The second-order valence-corrected chi connectivity index (χ2v) is 5.98. The molecule has 18 heavy (non-hydrogen) atoms. The van der Waals surface area contributed by atoms with Crippen molar-refractivity contribution < 1.29 is 0 Å². The third-order valence-corrected chi connectivity index (χ3v) is 3.98. The highest BCUT2D eigenvalue weighted by molar-refractivity contribution is 4.69. The van der Waals surface area contributed by atoms with E-state index in [9.17, 15) is 0 Å². The number of hydrogen-bond acceptors (Lipinski definition) is 3. The Hall–Kier alpha value is -0.120. The molecule has 0 saturated carbocycles. The lowest BCUT2D eigenvalue weighted by atomic mass is 9.94. The predicted molar refractivity (Wildman–Crippen MR) is 80.1 cm³/mol. The first-order valence-corrected chi connectivity index (χ1v) is 7.80. The topological polar surface area (TPSA) is 18.5 Å². The molecule has 0 bridgehead atoms. The van der Waals surface area contributed by atoms with Crippen molar-refractivity contribution in [3.8, 4) is 0 Å². The normalized spacial score (nSPS) is 19.3. The van der Waals surface area contributed by atoms with Gasteiger partial charge < -0.3 is 15.1 Å². The molecule has 108 valence electrons. The van der Waals surface area contributed by atoms with Crippen molar-refractivity contribution in [3.63, 3.8) is 0 Å². The number of nitrogens with zero attached hydrogens (tertiary/aromatic N) is 2. The third-order valence-electron chi connectivity index (χ3n) is 3.98. The van der Waals surface area contributed by atoms with Gasteiger partial charge in [-0.2, -0.15) is 0 Å². The SMILES string of the molecule is CCC[C@@H](CCCN1CCNCC1)CCN(C)C. The molecule has 0 spiro atoms. The fourth-order valence-corrected chi connectivity index (χ4v) is 2.82. The van der Waals surface area contributed by atoms with Gasteiger partial charge in [0.1, 0.15) is 0 Å². The summed E-state index contributed by atoms with van der Waals surface area (Å²) in [6.07, 6.45) is 6.94. The van der Waals surface area contributed by atoms with Crippen LogP contribution in [0.25, 0.3) is 0 Å². The quantitative estimate of drug-likeness (QED) is 0.680. The molecule has 0 aromatic heterocycles. The highest BCUT2D eigenvalue weighted by atomic mass is 15.2. The van der Waals surface area contributed by atoms with Crippen LogP contribution in [0.15, 0.2) is 0 Å². The Balaban J connectivity index is 2.11. The maximum absolute atomic E-state index is 3.42. The maximum Gasteiger partial charge on any atom is 0.0107 e.